The maximum Gasteiger partial charge on any atom is 0.0712 e. The van der Waals surface area contributed by atoms with Crippen molar-refractivity contribution in [1.29, 1.82) is 0 Å². The quantitative estimate of drug-likeness (QED) is 0.818. The summed E-state index contributed by atoms with van der Waals surface area (Å²) < 4.78 is 1.88. The van der Waals surface area contributed by atoms with Crippen LogP contribution in [0.25, 0.3) is 10.9 Å². The number of aryl methyl sites for hydroxylation is 1. The summed E-state index contributed by atoms with van der Waals surface area (Å²) in [5.74, 6) is 0. The van der Waals surface area contributed by atoms with E-state index >= 15 is 0 Å². The Morgan fingerprint density at radius 1 is 1.47 bits per heavy atom. The van der Waals surface area contributed by atoms with E-state index in [1.807, 2.05) is 30.8 Å². The maximum atomic E-state index is 9.42. The Labute approximate surface area is 101 Å². The van der Waals surface area contributed by atoms with E-state index in [1.54, 1.807) is 6.08 Å². The van der Waals surface area contributed by atoms with Gasteiger partial charge >= 0.3 is 0 Å². The molecule has 0 radical (unpaired) electrons. The SMILES string of the molecule is C=CC(C)(CO)Cc1nn(C)c2ccccc12. The first-order valence-electron chi connectivity index (χ1n) is 5.75. The summed E-state index contributed by atoms with van der Waals surface area (Å²) >= 11 is 0. The number of hydrogen-bond acceptors (Lipinski definition) is 2. The van der Waals surface area contributed by atoms with Gasteiger partial charge in [-0.05, 0) is 6.07 Å². The van der Waals surface area contributed by atoms with Crippen LogP contribution >= 0.6 is 0 Å². The van der Waals surface area contributed by atoms with Gasteiger partial charge in [-0.25, -0.2) is 0 Å². The van der Waals surface area contributed by atoms with Crippen LogP contribution in [-0.4, -0.2) is 21.5 Å². The molecule has 0 saturated carbocycles. The molecule has 0 bridgehead atoms. The predicted octanol–water partition coefficient (Wildman–Crippen LogP) is 2.30. The number of aliphatic hydroxyl groups excluding tert-OH is 1. The van der Waals surface area contributed by atoms with E-state index in [9.17, 15) is 5.11 Å². The van der Waals surface area contributed by atoms with Gasteiger partial charge in [-0.3, -0.25) is 4.68 Å². The molecule has 2 aromatic rings. The minimum atomic E-state index is -0.308. The monoisotopic (exact) mass is 230 g/mol. The summed E-state index contributed by atoms with van der Waals surface area (Å²) in [6, 6.07) is 8.14. The highest BCUT2D eigenvalue weighted by molar-refractivity contribution is 5.81. The van der Waals surface area contributed by atoms with Crippen molar-refractivity contribution in [1.82, 2.24) is 9.78 Å². The van der Waals surface area contributed by atoms with Crippen molar-refractivity contribution in [2.75, 3.05) is 6.61 Å². The molecule has 0 aliphatic rings. The zero-order valence-corrected chi connectivity index (χ0v) is 10.3. The third-order valence-electron chi connectivity index (χ3n) is 3.26. The predicted molar refractivity (Wildman–Crippen MR) is 69.8 cm³/mol. The van der Waals surface area contributed by atoms with Crippen molar-refractivity contribution in [3.8, 4) is 0 Å². The third-order valence-corrected chi connectivity index (χ3v) is 3.26. The Hall–Kier alpha value is -1.61. The number of benzene rings is 1. The van der Waals surface area contributed by atoms with Gasteiger partial charge in [0, 0.05) is 24.3 Å². The molecule has 1 unspecified atom stereocenters. The van der Waals surface area contributed by atoms with E-state index in [0.29, 0.717) is 6.42 Å². The van der Waals surface area contributed by atoms with Crippen LogP contribution in [0.1, 0.15) is 12.6 Å². The molecule has 0 spiro atoms. The second-order valence-corrected chi connectivity index (χ2v) is 4.78. The summed E-state index contributed by atoms with van der Waals surface area (Å²) in [5, 5.41) is 15.1. The first-order valence-corrected chi connectivity index (χ1v) is 5.75. The van der Waals surface area contributed by atoms with Gasteiger partial charge in [0.25, 0.3) is 0 Å². The molecule has 3 heteroatoms. The second-order valence-electron chi connectivity index (χ2n) is 4.78. The number of aromatic nitrogens is 2. The highest BCUT2D eigenvalue weighted by Gasteiger charge is 2.22. The van der Waals surface area contributed by atoms with Crippen molar-refractivity contribution in [2.45, 2.75) is 13.3 Å². The standard InChI is InChI=1S/C14H18N2O/c1-4-14(2,10-17)9-12-11-7-5-6-8-13(11)16(3)15-12/h4-8,17H,1,9-10H2,2-3H3. The molecule has 17 heavy (non-hydrogen) atoms. The van der Waals surface area contributed by atoms with E-state index in [2.05, 4.69) is 23.8 Å². The summed E-state index contributed by atoms with van der Waals surface area (Å²) in [7, 11) is 1.94. The number of hydrogen-bond donors (Lipinski definition) is 1. The first kappa shape index (κ1) is 11.9. The number of fused-ring (bicyclic) bond motifs is 1. The Kier molecular flexibility index (Phi) is 3.03. The number of rotatable bonds is 4. The largest absolute Gasteiger partial charge is 0.395 e. The molecule has 1 heterocycles. The molecule has 0 saturated heterocycles. The van der Waals surface area contributed by atoms with E-state index in [0.717, 1.165) is 16.6 Å². The van der Waals surface area contributed by atoms with Crippen molar-refractivity contribution >= 4 is 10.9 Å². The van der Waals surface area contributed by atoms with Crippen molar-refractivity contribution in [3.63, 3.8) is 0 Å². The average molecular weight is 230 g/mol. The smallest absolute Gasteiger partial charge is 0.0712 e. The van der Waals surface area contributed by atoms with Crippen molar-refractivity contribution < 1.29 is 5.11 Å². The summed E-state index contributed by atoms with van der Waals surface area (Å²) in [5.41, 5.74) is 1.82. The van der Waals surface area contributed by atoms with Crippen LogP contribution in [-0.2, 0) is 13.5 Å². The lowest BCUT2D eigenvalue weighted by molar-refractivity contribution is 0.183. The molecule has 0 amide bonds. The van der Waals surface area contributed by atoms with Crippen LogP contribution in [0.3, 0.4) is 0 Å². The van der Waals surface area contributed by atoms with Gasteiger partial charge in [-0.2, -0.15) is 5.10 Å². The summed E-state index contributed by atoms with van der Waals surface area (Å²) in [6.07, 6.45) is 2.50. The lowest BCUT2D eigenvalue weighted by Gasteiger charge is -2.21. The van der Waals surface area contributed by atoms with Crippen molar-refractivity contribution in [3.05, 3.63) is 42.6 Å². The van der Waals surface area contributed by atoms with Gasteiger partial charge < -0.3 is 5.11 Å². The second kappa shape index (κ2) is 4.34. The minimum Gasteiger partial charge on any atom is -0.395 e. The summed E-state index contributed by atoms with van der Waals surface area (Å²) in [6.45, 7) is 5.87. The first-order chi connectivity index (χ1) is 8.09. The molecule has 1 aromatic carbocycles. The van der Waals surface area contributed by atoms with Crippen LogP contribution < -0.4 is 0 Å². The van der Waals surface area contributed by atoms with Gasteiger partial charge in [0.15, 0.2) is 0 Å². The van der Waals surface area contributed by atoms with Crippen LogP contribution in [0.5, 0.6) is 0 Å². The molecule has 3 nitrogen and oxygen atoms in total. The molecule has 0 aliphatic heterocycles. The Bertz CT molecular complexity index is 544. The molecular weight excluding hydrogens is 212 g/mol. The Morgan fingerprint density at radius 2 is 2.18 bits per heavy atom. The molecule has 1 atom stereocenters. The molecule has 90 valence electrons. The normalized spacial score (nSPS) is 14.8. The molecule has 0 fully saturated rings. The van der Waals surface area contributed by atoms with Gasteiger partial charge in [0.1, 0.15) is 0 Å². The minimum absolute atomic E-state index is 0.0847. The molecule has 2 rings (SSSR count). The molecule has 1 aromatic heterocycles. The zero-order valence-electron chi connectivity index (χ0n) is 10.3. The van der Waals surface area contributed by atoms with Gasteiger partial charge in [0.2, 0.25) is 0 Å². The van der Waals surface area contributed by atoms with Crippen LogP contribution in [0.4, 0.5) is 0 Å². The number of para-hydroxylation sites is 1. The van der Waals surface area contributed by atoms with Crippen LogP contribution in [0.15, 0.2) is 36.9 Å². The van der Waals surface area contributed by atoms with E-state index < -0.39 is 0 Å². The fourth-order valence-electron chi connectivity index (χ4n) is 1.99. The topological polar surface area (TPSA) is 38.1 Å². The van der Waals surface area contributed by atoms with Crippen LogP contribution in [0.2, 0.25) is 0 Å². The van der Waals surface area contributed by atoms with E-state index in [-0.39, 0.29) is 12.0 Å². The zero-order chi connectivity index (χ0) is 12.5. The van der Waals surface area contributed by atoms with Crippen LogP contribution in [0, 0.1) is 5.41 Å². The van der Waals surface area contributed by atoms with Gasteiger partial charge in [0.05, 0.1) is 17.8 Å². The van der Waals surface area contributed by atoms with E-state index in [4.69, 9.17) is 0 Å². The molecular formula is C14H18N2O. The van der Waals surface area contributed by atoms with Gasteiger partial charge in [-0.15, -0.1) is 6.58 Å². The number of aliphatic hydroxyl groups is 1. The summed E-state index contributed by atoms with van der Waals surface area (Å²) in [4.78, 5) is 0. The molecule has 1 N–H and O–H groups in total. The fourth-order valence-corrected chi connectivity index (χ4v) is 1.99. The highest BCUT2D eigenvalue weighted by atomic mass is 16.3. The van der Waals surface area contributed by atoms with Gasteiger partial charge in [-0.1, -0.05) is 31.2 Å². The lowest BCUT2D eigenvalue weighted by Crippen LogP contribution is -2.21. The Morgan fingerprint density at radius 3 is 2.82 bits per heavy atom. The Balaban J connectivity index is 2.46. The lowest BCUT2D eigenvalue weighted by atomic mass is 9.86. The average Bonchev–Trinajstić information content (AvgIpc) is 2.67. The maximum absolute atomic E-state index is 9.42. The van der Waals surface area contributed by atoms with E-state index in [1.165, 1.54) is 0 Å². The third kappa shape index (κ3) is 2.11. The molecule has 0 aliphatic carbocycles. The highest BCUT2D eigenvalue weighted by Crippen LogP contribution is 2.27. The number of nitrogens with zero attached hydrogens (tertiary/aromatic N) is 2. The van der Waals surface area contributed by atoms with Crippen molar-refractivity contribution in [2.24, 2.45) is 12.5 Å². The fraction of sp³-hybridized carbons (Fsp3) is 0.357.